The second-order valence-electron chi connectivity index (χ2n) is 3.73. The third-order valence-corrected chi connectivity index (χ3v) is 2.44. The fourth-order valence-corrected chi connectivity index (χ4v) is 1.65. The van der Waals surface area contributed by atoms with E-state index in [4.69, 9.17) is 0 Å². The zero-order valence-electron chi connectivity index (χ0n) is 10.2. The highest BCUT2D eigenvalue weighted by Crippen LogP contribution is 2.30. The van der Waals surface area contributed by atoms with Crippen molar-refractivity contribution in [2.24, 2.45) is 0 Å². The van der Waals surface area contributed by atoms with Crippen molar-refractivity contribution in [2.75, 3.05) is 7.11 Å². The number of aromatic amines is 1. The van der Waals surface area contributed by atoms with Crippen LogP contribution in [0.2, 0.25) is 0 Å². The van der Waals surface area contributed by atoms with Crippen LogP contribution in [-0.4, -0.2) is 29.6 Å². The fraction of sp³-hybridized carbons (Fsp3) is 0.167. The molecular formula is C12H9F3N2O3. The molecule has 0 saturated carbocycles. The van der Waals surface area contributed by atoms with Gasteiger partial charge in [-0.1, -0.05) is 0 Å². The summed E-state index contributed by atoms with van der Waals surface area (Å²) in [6.07, 6.45) is -1.89. The number of carbonyl (C=O) groups excluding carboxylic acids is 1. The van der Waals surface area contributed by atoms with Crippen LogP contribution in [-0.2, 0) is 4.74 Å². The molecule has 0 aliphatic heterocycles. The molecule has 0 bridgehead atoms. The summed E-state index contributed by atoms with van der Waals surface area (Å²) in [6, 6.07) is 3.42. The van der Waals surface area contributed by atoms with Gasteiger partial charge in [0, 0.05) is 11.8 Å². The van der Waals surface area contributed by atoms with E-state index < -0.39 is 18.1 Å². The zero-order chi connectivity index (χ0) is 14.8. The Balaban J connectivity index is 2.46. The van der Waals surface area contributed by atoms with E-state index in [1.165, 1.54) is 18.5 Å². The van der Waals surface area contributed by atoms with Crippen molar-refractivity contribution in [3.8, 4) is 16.9 Å². The molecular weight excluding hydrogens is 277 g/mol. The summed E-state index contributed by atoms with van der Waals surface area (Å²) in [7, 11) is 1.14. The molecule has 0 atom stereocenters. The first-order valence-electron chi connectivity index (χ1n) is 5.38. The molecule has 5 nitrogen and oxygen atoms in total. The molecule has 0 saturated heterocycles. The van der Waals surface area contributed by atoms with E-state index in [-0.39, 0.29) is 5.56 Å². The number of methoxy groups -OCH3 is 1. The summed E-state index contributed by atoms with van der Waals surface area (Å²) in [5, 5.41) is 6.27. The Hall–Kier alpha value is -2.51. The van der Waals surface area contributed by atoms with Gasteiger partial charge in [-0.3, -0.25) is 5.10 Å². The maximum atomic E-state index is 12.2. The molecule has 1 N–H and O–H groups in total. The molecule has 0 radical (unpaired) electrons. The Labute approximate surface area is 111 Å². The number of nitrogens with zero attached hydrogens (tertiary/aromatic N) is 1. The smallest absolute Gasteiger partial charge is 0.465 e. The highest BCUT2D eigenvalue weighted by molar-refractivity contribution is 5.97. The van der Waals surface area contributed by atoms with E-state index in [0.717, 1.165) is 19.2 Å². The van der Waals surface area contributed by atoms with E-state index in [1.54, 1.807) is 0 Å². The summed E-state index contributed by atoms with van der Waals surface area (Å²) in [5.74, 6) is -1.26. The number of aromatic nitrogens is 2. The summed E-state index contributed by atoms with van der Waals surface area (Å²) in [4.78, 5) is 11.7. The number of rotatable bonds is 3. The largest absolute Gasteiger partial charge is 0.573 e. The number of hydrogen-bond donors (Lipinski definition) is 1. The van der Waals surface area contributed by atoms with Crippen LogP contribution < -0.4 is 4.74 Å². The molecule has 0 fully saturated rings. The molecule has 106 valence electrons. The van der Waals surface area contributed by atoms with Gasteiger partial charge in [-0.15, -0.1) is 13.2 Å². The van der Waals surface area contributed by atoms with E-state index >= 15 is 0 Å². The topological polar surface area (TPSA) is 64.2 Å². The number of H-pyrrole nitrogens is 1. The number of hydrogen-bond acceptors (Lipinski definition) is 4. The first-order chi connectivity index (χ1) is 9.40. The van der Waals surface area contributed by atoms with Crippen LogP contribution in [0, 0.1) is 0 Å². The van der Waals surface area contributed by atoms with Gasteiger partial charge >= 0.3 is 12.3 Å². The summed E-state index contributed by atoms with van der Waals surface area (Å²) >= 11 is 0. The molecule has 1 heterocycles. The van der Waals surface area contributed by atoms with Crippen molar-refractivity contribution >= 4 is 5.97 Å². The molecule has 0 unspecified atom stereocenters. The van der Waals surface area contributed by atoms with Crippen LogP contribution in [0.3, 0.4) is 0 Å². The maximum absolute atomic E-state index is 12.2. The number of halogens is 3. The molecule has 1 aromatic heterocycles. The lowest BCUT2D eigenvalue weighted by Crippen LogP contribution is -2.17. The van der Waals surface area contributed by atoms with Gasteiger partial charge in [0.25, 0.3) is 0 Å². The number of carbonyl (C=O) groups is 1. The average molecular weight is 286 g/mol. The molecule has 0 spiro atoms. The second-order valence-corrected chi connectivity index (χ2v) is 3.73. The molecule has 0 aliphatic rings. The summed E-state index contributed by atoms with van der Waals surface area (Å²) in [6.45, 7) is 0. The Kier molecular flexibility index (Phi) is 3.64. The number of esters is 1. The normalized spacial score (nSPS) is 11.2. The minimum absolute atomic E-state index is 0.0457. The van der Waals surface area contributed by atoms with Crippen molar-refractivity contribution in [1.82, 2.24) is 10.2 Å². The lowest BCUT2D eigenvalue weighted by molar-refractivity contribution is -0.274. The van der Waals surface area contributed by atoms with Crippen molar-refractivity contribution in [3.05, 3.63) is 36.2 Å². The first-order valence-corrected chi connectivity index (χ1v) is 5.38. The van der Waals surface area contributed by atoms with Gasteiger partial charge in [-0.25, -0.2) is 4.79 Å². The van der Waals surface area contributed by atoms with E-state index in [1.807, 2.05) is 0 Å². The second kappa shape index (κ2) is 5.24. The Bertz CT molecular complexity index is 609. The zero-order valence-corrected chi connectivity index (χ0v) is 10.2. The predicted molar refractivity (Wildman–Crippen MR) is 62.0 cm³/mol. The lowest BCUT2D eigenvalue weighted by Gasteiger charge is -2.12. The van der Waals surface area contributed by atoms with Crippen LogP contribution in [0.1, 0.15) is 10.4 Å². The first kappa shape index (κ1) is 13.9. The predicted octanol–water partition coefficient (Wildman–Crippen LogP) is 2.76. The molecule has 2 aromatic rings. The van der Waals surface area contributed by atoms with Crippen molar-refractivity contribution < 1.29 is 27.4 Å². The van der Waals surface area contributed by atoms with E-state index in [2.05, 4.69) is 19.7 Å². The lowest BCUT2D eigenvalue weighted by atomic mass is 10.0. The minimum Gasteiger partial charge on any atom is -0.465 e. The molecule has 20 heavy (non-hydrogen) atoms. The quantitative estimate of drug-likeness (QED) is 0.881. The summed E-state index contributed by atoms with van der Waals surface area (Å²) < 4.78 is 44.9. The molecule has 0 amide bonds. The van der Waals surface area contributed by atoms with Crippen LogP contribution in [0.4, 0.5) is 13.2 Å². The molecule has 2 rings (SSSR count). The van der Waals surface area contributed by atoms with Gasteiger partial charge in [-0.2, -0.15) is 5.10 Å². The highest BCUT2D eigenvalue weighted by Gasteiger charge is 2.31. The van der Waals surface area contributed by atoms with Crippen molar-refractivity contribution in [1.29, 1.82) is 0 Å². The molecule has 8 heteroatoms. The Morgan fingerprint density at radius 3 is 2.65 bits per heavy atom. The van der Waals surface area contributed by atoms with Crippen LogP contribution >= 0.6 is 0 Å². The fourth-order valence-electron chi connectivity index (χ4n) is 1.65. The number of benzene rings is 1. The monoisotopic (exact) mass is 286 g/mol. The van der Waals surface area contributed by atoms with Gasteiger partial charge < -0.3 is 9.47 Å². The number of nitrogens with one attached hydrogen (secondary N) is 1. The Morgan fingerprint density at radius 1 is 1.35 bits per heavy atom. The van der Waals surface area contributed by atoms with Crippen LogP contribution in [0.25, 0.3) is 11.1 Å². The average Bonchev–Trinajstić information content (AvgIpc) is 2.89. The Morgan fingerprint density at radius 2 is 2.10 bits per heavy atom. The van der Waals surface area contributed by atoms with E-state index in [0.29, 0.717) is 11.1 Å². The summed E-state index contributed by atoms with van der Waals surface area (Å²) in [5.41, 5.74) is 0.889. The minimum atomic E-state index is -4.83. The van der Waals surface area contributed by atoms with Crippen LogP contribution in [0.5, 0.6) is 5.75 Å². The third-order valence-electron chi connectivity index (χ3n) is 2.44. The van der Waals surface area contributed by atoms with Crippen molar-refractivity contribution in [2.45, 2.75) is 6.36 Å². The number of ether oxygens (including phenoxy) is 2. The molecule has 1 aromatic carbocycles. The van der Waals surface area contributed by atoms with Gasteiger partial charge in [0.2, 0.25) is 0 Å². The van der Waals surface area contributed by atoms with Crippen LogP contribution in [0.15, 0.2) is 30.6 Å². The van der Waals surface area contributed by atoms with Gasteiger partial charge in [-0.05, 0) is 23.8 Å². The molecule has 0 aliphatic carbocycles. The van der Waals surface area contributed by atoms with Gasteiger partial charge in [0.1, 0.15) is 5.75 Å². The SMILES string of the molecule is COC(=O)c1cc(OC(F)(F)F)ccc1-c1cn[nH]c1. The van der Waals surface area contributed by atoms with Gasteiger partial charge in [0.15, 0.2) is 0 Å². The van der Waals surface area contributed by atoms with E-state index in [9.17, 15) is 18.0 Å². The third kappa shape index (κ3) is 3.08. The number of alkyl halides is 3. The standard InChI is InChI=1S/C12H9F3N2O3/c1-19-11(18)10-4-8(20-12(13,14)15)2-3-9(10)7-5-16-17-6-7/h2-6H,1H3,(H,16,17). The van der Waals surface area contributed by atoms with Crippen molar-refractivity contribution in [3.63, 3.8) is 0 Å². The van der Waals surface area contributed by atoms with Gasteiger partial charge in [0.05, 0.1) is 18.9 Å². The highest BCUT2D eigenvalue weighted by atomic mass is 19.4. The maximum Gasteiger partial charge on any atom is 0.573 e.